The topological polar surface area (TPSA) is 198 Å². The third-order valence-electron chi connectivity index (χ3n) is 11.1. The van der Waals surface area contributed by atoms with Crippen LogP contribution >= 0.6 is 6.60 Å². The zero-order valence-corrected chi connectivity index (χ0v) is 34.4. The zero-order chi connectivity index (χ0) is 43.6. The Balaban J connectivity index is 1.40. The van der Waals surface area contributed by atoms with Crippen molar-refractivity contribution in [3.05, 3.63) is 171 Å². The SMILES string of the molecule is CC(=O)OCC(C)C1C(CCNC(=O)OCc2ccccc2[N+](=O)[O-])C(=O)N1CP(C(=O)OCc1ccccc1[N+](=O)[O-])(c1ccccc1)(c1ccccc1)c1ccccc1. The van der Waals surface area contributed by atoms with Crippen LogP contribution in [0.2, 0.25) is 0 Å². The van der Waals surface area contributed by atoms with E-state index in [1.165, 1.54) is 43.3 Å². The van der Waals surface area contributed by atoms with E-state index in [9.17, 15) is 34.6 Å². The third kappa shape index (κ3) is 8.69. The van der Waals surface area contributed by atoms with Gasteiger partial charge in [0, 0.05) is 6.07 Å². The van der Waals surface area contributed by atoms with Crippen LogP contribution in [0.3, 0.4) is 0 Å². The minimum absolute atomic E-state index is 0.00565. The molecule has 1 aliphatic rings. The van der Waals surface area contributed by atoms with Gasteiger partial charge in [0.1, 0.15) is 0 Å². The summed E-state index contributed by atoms with van der Waals surface area (Å²) in [5.74, 6) is -1.99. The summed E-state index contributed by atoms with van der Waals surface area (Å²) in [4.78, 5) is 79.4. The number of hydrogen-bond donors (Lipinski definition) is 1. The molecule has 15 nitrogen and oxygen atoms in total. The first-order chi connectivity index (χ1) is 29.4. The molecule has 5 aromatic carbocycles. The van der Waals surface area contributed by atoms with Crippen LogP contribution < -0.4 is 21.2 Å². The molecule has 0 aliphatic carbocycles. The number of amides is 2. The Bertz CT molecular complexity index is 2300. The fraction of sp³-hybridized carbons (Fsp3) is 0.244. The summed E-state index contributed by atoms with van der Waals surface area (Å²) in [6.45, 7) is -2.45. The van der Waals surface area contributed by atoms with E-state index in [1.807, 2.05) is 61.5 Å². The van der Waals surface area contributed by atoms with Gasteiger partial charge in [0.05, 0.1) is 4.92 Å². The summed E-state index contributed by atoms with van der Waals surface area (Å²) in [5, 5.41) is 27.9. The number of hydrogen-bond acceptors (Lipinski definition) is 11. The minimum atomic E-state index is -4.74. The van der Waals surface area contributed by atoms with Crippen molar-refractivity contribution in [2.45, 2.75) is 39.5 Å². The maximum atomic E-state index is 15.8. The van der Waals surface area contributed by atoms with Crippen molar-refractivity contribution in [1.29, 1.82) is 0 Å². The molecule has 3 unspecified atom stereocenters. The molecule has 0 bridgehead atoms. The Kier molecular flexibility index (Phi) is 13.5. The van der Waals surface area contributed by atoms with Crippen molar-refractivity contribution in [2.75, 3.05) is 19.4 Å². The second kappa shape index (κ2) is 18.9. The molecule has 0 radical (unpaired) electrons. The summed E-state index contributed by atoms with van der Waals surface area (Å²) in [7, 11) is 0. The number of likely N-dealkylation sites (tertiary alicyclic amines) is 1. The number of nitrogens with zero attached hydrogens (tertiary/aromatic N) is 3. The summed E-state index contributed by atoms with van der Waals surface area (Å²) in [5.41, 5.74) is -0.673. The molecule has 316 valence electrons. The molecule has 0 aromatic heterocycles. The molecular weight excluding hydrogens is 803 g/mol. The Morgan fingerprint density at radius 2 is 1.13 bits per heavy atom. The van der Waals surface area contributed by atoms with Gasteiger partial charge in [-0.05, 0) is 0 Å². The first-order valence-electron chi connectivity index (χ1n) is 19.5. The molecule has 1 fully saturated rings. The van der Waals surface area contributed by atoms with Gasteiger partial charge in [0.15, 0.2) is 0 Å². The first kappa shape index (κ1) is 43.6. The average molecular weight is 849 g/mol. The number of carbonyl (C=O) groups excluding carboxylic acids is 4. The molecule has 61 heavy (non-hydrogen) atoms. The number of esters is 1. The first-order valence-corrected chi connectivity index (χ1v) is 21.9. The van der Waals surface area contributed by atoms with E-state index in [1.54, 1.807) is 53.4 Å². The summed E-state index contributed by atoms with van der Waals surface area (Å²) in [6, 6.07) is 38.6. The number of carbonyl (C=O) groups is 4. The number of nitro benzene ring substituents is 2. The van der Waals surface area contributed by atoms with Crippen LogP contribution in [0.5, 0.6) is 0 Å². The number of alkyl carbamates (subject to hydrolysis) is 1. The molecule has 6 rings (SSSR count). The fourth-order valence-corrected chi connectivity index (χ4v) is 14.1. The van der Waals surface area contributed by atoms with Gasteiger partial charge >= 0.3 is 319 Å². The Hall–Kier alpha value is -6.99. The van der Waals surface area contributed by atoms with Gasteiger partial charge in [0.25, 0.3) is 0 Å². The molecule has 2 amide bonds. The van der Waals surface area contributed by atoms with Crippen LogP contribution in [0.1, 0.15) is 31.4 Å². The predicted molar refractivity (Wildman–Crippen MR) is 229 cm³/mol. The molecular formula is C45H45N4O11P. The molecule has 16 heteroatoms. The molecule has 0 spiro atoms. The van der Waals surface area contributed by atoms with Gasteiger partial charge in [-0.2, -0.15) is 0 Å². The summed E-state index contributed by atoms with van der Waals surface area (Å²) in [6.07, 6.45) is -0.866. The van der Waals surface area contributed by atoms with Crippen molar-refractivity contribution in [1.82, 2.24) is 10.2 Å². The van der Waals surface area contributed by atoms with E-state index < -0.39 is 58.7 Å². The number of nitrogens with one attached hydrogen (secondary N) is 1. The van der Waals surface area contributed by atoms with Crippen LogP contribution in [0.25, 0.3) is 0 Å². The van der Waals surface area contributed by atoms with Gasteiger partial charge in [-0.15, -0.1) is 0 Å². The summed E-state index contributed by atoms with van der Waals surface area (Å²) >= 11 is 0. The van der Waals surface area contributed by atoms with Crippen LogP contribution in [-0.4, -0.2) is 63.9 Å². The molecule has 1 heterocycles. The van der Waals surface area contributed by atoms with Gasteiger partial charge in [-0.3, -0.25) is 10.1 Å². The van der Waals surface area contributed by atoms with E-state index in [2.05, 4.69) is 5.32 Å². The van der Waals surface area contributed by atoms with Crippen LogP contribution in [-0.2, 0) is 37.0 Å². The van der Waals surface area contributed by atoms with Crippen molar-refractivity contribution in [3.63, 3.8) is 0 Å². The normalized spacial score (nSPS) is 15.9. The molecule has 5 aromatic rings. The van der Waals surface area contributed by atoms with Crippen molar-refractivity contribution in [3.8, 4) is 0 Å². The van der Waals surface area contributed by atoms with Crippen LogP contribution in [0.4, 0.5) is 21.0 Å². The average Bonchev–Trinajstić information content (AvgIpc) is 3.28. The molecule has 3 atom stereocenters. The maximum absolute atomic E-state index is 15.8. The monoisotopic (exact) mass is 848 g/mol. The second-order valence-electron chi connectivity index (χ2n) is 14.8. The predicted octanol–water partition coefficient (Wildman–Crippen LogP) is 6.97. The van der Waals surface area contributed by atoms with E-state index in [0.717, 1.165) is 0 Å². The summed E-state index contributed by atoms with van der Waals surface area (Å²) < 4.78 is 17.1. The number of ether oxygens (including phenoxy) is 3. The Morgan fingerprint density at radius 3 is 1.59 bits per heavy atom. The zero-order valence-electron chi connectivity index (χ0n) is 33.5. The van der Waals surface area contributed by atoms with E-state index >= 15 is 4.79 Å². The number of para-hydroxylation sites is 2. The third-order valence-corrected chi connectivity index (χ3v) is 17.3. The Labute approximate surface area is 351 Å². The van der Waals surface area contributed by atoms with Crippen LogP contribution in [0, 0.1) is 32.1 Å². The quantitative estimate of drug-likeness (QED) is 0.0239. The standard InChI is InChI=1S/C45H45N4O11P/c1-32(28-58-33(2)50)42-39(26-27-46-44(52)59-29-34-16-12-14-24-40(34)48(54)55)43(51)47(42)31-61(36-18-6-3-7-19-36,37-20-8-4-9-21-37,38-22-10-5-11-23-38)45(53)60-30-35-17-13-15-25-41(35)49(56)57/h3-25,32,39,42H,26-31H2,1-2H3,(H,46,52). The molecule has 1 N–H and O–H groups in total. The molecule has 1 aliphatic heterocycles. The Morgan fingerprint density at radius 1 is 0.689 bits per heavy atom. The number of rotatable bonds is 18. The second-order valence-corrected chi connectivity index (χ2v) is 19.6. The van der Waals surface area contributed by atoms with E-state index in [0.29, 0.717) is 15.9 Å². The van der Waals surface area contributed by atoms with Gasteiger partial charge in [0.2, 0.25) is 0 Å². The van der Waals surface area contributed by atoms with Crippen molar-refractivity contribution in [2.24, 2.45) is 11.8 Å². The number of benzene rings is 5. The van der Waals surface area contributed by atoms with Gasteiger partial charge in [-0.25, -0.2) is 0 Å². The number of nitro groups is 2. The molecule has 1 saturated heterocycles. The van der Waals surface area contributed by atoms with Gasteiger partial charge < -0.3 is 0 Å². The fourth-order valence-electron chi connectivity index (χ4n) is 8.22. The van der Waals surface area contributed by atoms with E-state index in [4.69, 9.17) is 14.2 Å². The van der Waals surface area contributed by atoms with Crippen molar-refractivity contribution < 1.29 is 43.2 Å². The van der Waals surface area contributed by atoms with Gasteiger partial charge in [-0.1, -0.05) is 12.1 Å². The number of β-lactam (4-membered cyclic amide) rings is 1. The van der Waals surface area contributed by atoms with Crippen LogP contribution in [0.15, 0.2) is 140 Å². The van der Waals surface area contributed by atoms with E-state index in [-0.39, 0.29) is 60.9 Å². The van der Waals surface area contributed by atoms with Crippen molar-refractivity contribution >= 4 is 57.6 Å². The molecule has 0 saturated carbocycles.